The molecule has 4 fully saturated rings. The number of esters is 1. The maximum atomic E-state index is 14.1. The van der Waals surface area contributed by atoms with Gasteiger partial charge in [-0.25, -0.2) is 0 Å². The topological polar surface area (TPSA) is 80.8 Å². The highest BCUT2D eigenvalue weighted by Crippen LogP contribution is 2.48. The fourth-order valence-electron chi connectivity index (χ4n) is 8.30. The molecule has 9 heteroatoms. The summed E-state index contributed by atoms with van der Waals surface area (Å²) in [5.74, 6) is -0.387. The van der Waals surface area contributed by atoms with E-state index >= 15 is 0 Å². The predicted molar refractivity (Wildman–Crippen MR) is 158 cm³/mol. The van der Waals surface area contributed by atoms with E-state index in [1.54, 1.807) is 21.0 Å². The van der Waals surface area contributed by atoms with Crippen LogP contribution < -0.4 is 0 Å². The van der Waals surface area contributed by atoms with Crippen molar-refractivity contribution in [2.24, 2.45) is 29.1 Å². The molecule has 4 aliphatic rings. The van der Waals surface area contributed by atoms with Crippen molar-refractivity contribution < 1.29 is 28.5 Å². The molecule has 0 aromatic heterocycles. The Hall–Kier alpha value is -1.10. The van der Waals surface area contributed by atoms with E-state index in [9.17, 15) is 9.59 Å². The number of hydrogen-bond acceptors (Lipinski definition) is 9. The second-order valence-electron chi connectivity index (χ2n) is 14.8. The van der Waals surface area contributed by atoms with Crippen molar-refractivity contribution >= 4 is 11.8 Å². The van der Waals surface area contributed by atoms with Gasteiger partial charge in [0, 0.05) is 43.6 Å². The standard InChI is InChI=1S/C32H57N3O6/c1-19-15-32(38-11)16-24-25(34(8)9)12-20(2)40-29(24)41-28(32)21(3)27(36)31(4,5)30(37)39-18-26(35(10)17-19)22-13-23(14-22)33(6)7/h19-26,28-29H,12-18H2,1-11H3/t19-,20-,21+,22?,23?,24-,25+,26+,28-,29+,32+/m1/s1. The van der Waals surface area contributed by atoms with Gasteiger partial charge in [0.2, 0.25) is 0 Å². The van der Waals surface area contributed by atoms with Crippen LogP contribution in [0.1, 0.15) is 66.7 Å². The molecular weight excluding hydrogens is 522 g/mol. The second kappa shape index (κ2) is 12.5. The normalized spacial score (nSPS) is 44.6. The quantitative estimate of drug-likeness (QED) is 0.368. The lowest BCUT2D eigenvalue weighted by Gasteiger charge is -2.56. The third-order valence-electron chi connectivity index (χ3n) is 10.9. The van der Waals surface area contributed by atoms with Gasteiger partial charge in [-0.15, -0.1) is 0 Å². The van der Waals surface area contributed by atoms with Crippen molar-refractivity contribution in [3.63, 3.8) is 0 Å². The average Bonchev–Trinajstić information content (AvgIpc) is 2.86. The van der Waals surface area contributed by atoms with Gasteiger partial charge in [0.05, 0.1) is 17.8 Å². The average molecular weight is 580 g/mol. The molecule has 0 unspecified atom stereocenters. The number of ether oxygens (including phenoxy) is 4. The Balaban J connectivity index is 1.69. The van der Waals surface area contributed by atoms with Crippen LogP contribution in [0.4, 0.5) is 0 Å². The zero-order valence-corrected chi connectivity index (χ0v) is 27.5. The summed E-state index contributed by atoms with van der Waals surface area (Å²) < 4.78 is 25.7. The van der Waals surface area contributed by atoms with Crippen molar-refractivity contribution in [1.29, 1.82) is 0 Å². The lowest BCUT2D eigenvalue weighted by Crippen LogP contribution is -2.65. The Morgan fingerprint density at radius 3 is 2.20 bits per heavy atom. The highest BCUT2D eigenvalue weighted by molar-refractivity contribution is 6.04. The van der Waals surface area contributed by atoms with Crippen LogP contribution in [0.5, 0.6) is 0 Å². The van der Waals surface area contributed by atoms with Gasteiger partial charge in [-0.3, -0.25) is 14.5 Å². The summed E-state index contributed by atoms with van der Waals surface area (Å²) in [6, 6.07) is 0.943. The number of hydrogen-bond donors (Lipinski definition) is 0. The SMILES string of the molecule is CO[C@]12C[C@@H](C)CN(C)[C@H](C3CC(N(C)C)C3)COC(=O)C(C)(C)C(=O)[C@H](C)[C@H]1O[C@@H]1O[C@H](C)C[C@H](N(C)C)[C@H]1C2. The van der Waals surface area contributed by atoms with E-state index in [-0.39, 0.29) is 35.8 Å². The summed E-state index contributed by atoms with van der Waals surface area (Å²) in [5.41, 5.74) is -1.99. The fraction of sp³-hybridized carbons (Fsp3) is 0.938. The number of rotatable bonds is 4. The maximum absolute atomic E-state index is 14.1. The van der Waals surface area contributed by atoms with Crippen LogP contribution in [0.15, 0.2) is 0 Å². The van der Waals surface area contributed by atoms with Crippen LogP contribution in [0.2, 0.25) is 0 Å². The minimum Gasteiger partial charge on any atom is -0.463 e. The molecule has 0 bridgehead atoms. The smallest absolute Gasteiger partial charge is 0.319 e. The molecule has 1 aliphatic carbocycles. The molecule has 9 nitrogen and oxygen atoms in total. The van der Waals surface area contributed by atoms with Gasteiger partial charge >= 0.3 is 5.97 Å². The van der Waals surface area contributed by atoms with E-state index in [0.717, 1.165) is 38.6 Å². The van der Waals surface area contributed by atoms with Gasteiger partial charge in [0.25, 0.3) is 0 Å². The highest BCUT2D eigenvalue weighted by atomic mass is 16.7. The zero-order chi connectivity index (χ0) is 30.4. The van der Waals surface area contributed by atoms with Crippen LogP contribution in [0, 0.1) is 29.1 Å². The van der Waals surface area contributed by atoms with E-state index in [0.29, 0.717) is 18.6 Å². The fourth-order valence-corrected chi connectivity index (χ4v) is 8.30. The molecule has 0 radical (unpaired) electrons. The van der Waals surface area contributed by atoms with Gasteiger partial charge in [0.1, 0.15) is 12.0 Å². The molecule has 9 atom stereocenters. The number of carbonyl (C=O) groups excluding carboxylic acids is 2. The molecular formula is C32H57N3O6. The Bertz CT molecular complexity index is 936. The third-order valence-corrected chi connectivity index (χ3v) is 10.9. The maximum Gasteiger partial charge on any atom is 0.319 e. The number of Topliss-reactive ketones (excluding diaryl/α,β-unsaturated/α-hetero) is 1. The van der Waals surface area contributed by atoms with Crippen molar-refractivity contribution in [2.45, 2.75) is 109 Å². The van der Waals surface area contributed by atoms with Gasteiger partial charge in [-0.05, 0) is 99.9 Å². The number of likely N-dealkylation sites (N-methyl/N-ethyl adjacent to an activating group) is 1. The Kier molecular flexibility index (Phi) is 9.99. The minimum absolute atomic E-state index is 0.0500. The molecule has 0 spiro atoms. The van der Waals surface area contributed by atoms with Gasteiger partial charge in [-0.2, -0.15) is 0 Å². The third kappa shape index (κ3) is 6.41. The number of fused-ring (bicyclic) bond motifs is 2. The van der Waals surface area contributed by atoms with Crippen LogP contribution >= 0.6 is 0 Å². The van der Waals surface area contributed by atoms with Crippen LogP contribution in [0.3, 0.4) is 0 Å². The molecule has 3 heterocycles. The van der Waals surface area contributed by atoms with Crippen molar-refractivity contribution in [3.8, 4) is 0 Å². The monoisotopic (exact) mass is 579 g/mol. The van der Waals surface area contributed by atoms with Crippen LogP contribution in [-0.2, 0) is 28.5 Å². The van der Waals surface area contributed by atoms with E-state index in [4.69, 9.17) is 18.9 Å². The zero-order valence-electron chi connectivity index (χ0n) is 27.5. The number of methoxy groups -OCH3 is 1. The molecule has 0 N–H and O–H groups in total. The summed E-state index contributed by atoms with van der Waals surface area (Å²) in [6.45, 7) is 10.8. The molecule has 0 amide bonds. The minimum atomic E-state index is -1.30. The number of ketones is 1. The summed E-state index contributed by atoms with van der Waals surface area (Å²) in [6.07, 6.45) is 3.66. The predicted octanol–water partition coefficient (Wildman–Crippen LogP) is 3.30. The molecule has 0 aromatic carbocycles. The van der Waals surface area contributed by atoms with Crippen molar-refractivity contribution in [2.75, 3.05) is 55.5 Å². The van der Waals surface area contributed by atoms with Crippen molar-refractivity contribution in [1.82, 2.24) is 14.7 Å². The number of cyclic esters (lactones) is 1. The number of nitrogens with zero attached hydrogens (tertiary/aromatic N) is 3. The Labute approximate surface area is 248 Å². The second-order valence-corrected chi connectivity index (χ2v) is 14.8. The first-order valence-electron chi connectivity index (χ1n) is 15.7. The highest BCUT2D eigenvalue weighted by Gasteiger charge is 2.58. The van der Waals surface area contributed by atoms with Gasteiger partial charge < -0.3 is 28.7 Å². The summed E-state index contributed by atoms with van der Waals surface area (Å²) >= 11 is 0. The molecule has 3 aliphatic heterocycles. The lowest BCUT2D eigenvalue weighted by atomic mass is 9.67. The van der Waals surface area contributed by atoms with Crippen LogP contribution in [0.25, 0.3) is 0 Å². The first kappa shape index (κ1) is 32.8. The summed E-state index contributed by atoms with van der Waals surface area (Å²) in [5, 5.41) is 0. The lowest BCUT2D eigenvalue weighted by molar-refractivity contribution is -0.325. The number of carbonyl (C=O) groups is 2. The van der Waals surface area contributed by atoms with E-state index in [2.05, 4.69) is 63.8 Å². The van der Waals surface area contributed by atoms with Crippen LogP contribution in [-0.4, -0.2) is 124 Å². The molecule has 3 saturated heterocycles. The largest absolute Gasteiger partial charge is 0.463 e. The molecule has 1 saturated carbocycles. The molecule has 4 rings (SSSR count). The molecule has 0 aromatic rings. The molecule has 236 valence electrons. The summed E-state index contributed by atoms with van der Waals surface area (Å²) in [4.78, 5) is 34.6. The first-order chi connectivity index (χ1) is 19.1. The summed E-state index contributed by atoms with van der Waals surface area (Å²) in [7, 11) is 12.4. The van der Waals surface area contributed by atoms with Crippen molar-refractivity contribution in [3.05, 3.63) is 0 Å². The Morgan fingerprint density at radius 1 is 0.951 bits per heavy atom. The Morgan fingerprint density at radius 2 is 1.61 bits per heavy atom. The van der Waals surface area contributed by atoms with E-state index in [1.807, 2.05) is 6.92 Å². The van der Waals surface area contributed by atoms with E-state index < -0.39 is 35.3 Å². The first-order valence-corrected chi connectivity index (χ1v) is 15.7. The van der Waals surface area contributed by atoms with E-state index in [1.165, 1.54) is 0 Å². The van der Waals surface area contributed by atoms with Gasteiger partial charge in [0.15, 0.2) is 12.1 Å². The molecule has 41 heavy (non-hydrogen) atoms. The van der Waals surface area contributed by atoms with Gasteiger partial charge in [-0.1, -0.05) is 13.8 Å².